The van der Waals surface area contributed by atoms with Crippen LogP contribution in [0.5, 0.6) is 0 Å². The third-order valence-corrected chi connectivity index (χ3v) is 4.20. The van der Waals surface area contributed by atoms with E-state index in [1.807, 2.05) is 18.2 Å². The first-order chi connectivity index (χ1) is 8.61. The van der Waals surface area contributed by atoms with E-state index in [1.54, 1.807) is 0 Å². The Morgan fingerprint density at radius 1 is 1.44 bits per heavy atom. The quantitative estimate of drug-likeness (QED) is 0.925. The van der Waals surface area contributed by atoms with E-state index in [4.69, 9.17) is 22.3 Å². The number of nitrogens with zero attached hydrogens (tertiary/aromatic N) is 2. The number of rotatable bonds is 3. The van der Waals surface area contributed by atoms with Gasteiger partial charge in [-0.2, -0.15) is 0 Å². The van der Waals surface area contributed by atoms with Crippen LogP contribution in [-0.2, 0) is 13.0 Å². The minimum Gasteiger partial charge on any atom is -0.328 e. The Labute approximate surface area is 112 Å². The summed E-state index contributed by atoms with van der Waals surface area (Å²) in [5.74, 6) is 1.09. The van der Waals surface area contributed by atoms with Crippen molar-refractivity contribution < 1.29 is 0 Å². The maximum absolute atomic E-state index is 6.33. The summed E-state index contributed by atoms with van der Waals surface area (Å²) in [4.78, 5) is 4.71. The summed E-state index contributed by atoms with van der Waals surface area (Å²) >= 11 is 6.02. The molecule has 3 nitrogen and oxygen atoms in total. The molecule has 1 aromatic heterocycles. The van der Waals surface area contributed by atoms with Gasteiger partial charge in [-0.3, -0.25) is 0 Å². The lowest BCUT2D eigenvalue weighted by molar-refractivity contribution is 0.241. The van der Waals surface area contributed by atoms with E-state index in [0.717, 1.165) is 47.7 Å². The Kier molecular flexibility index (Phi) is 2.83. The highest BCUT2D eigenvalue weighted by Crippen LogP contribution is 2.33. The molecule has 0 radical (unpaired) electrons. The molecule has 1 fully saturated rings. The Balaban J connectivity index is 2.05. The van der Waals surface area contributed by atoms with Gasteiger partial charge in [0.15, 0.2) is 0 Å². The number of aromatic nitrogens is 2. The molecule has 1 aromatic carbocycles. The third kappa shape index (κ3) is 1.91. The second-order valence-electron chi connectivity index (χ2n) is 5.30. The monoisotopic (exact) mass is 263 g/mol. The summed E-state index contributed by atoms with van der Waals surface area (Å²) < 4.78 is 2.25. The molecule has 1 heterocycles. The Bertz CT molecular complexity index is 584. The molecule has 18 heavy (non-hydrogen) atoms. The lowest BCUT2D eigenvalue weighted by Crippen LogP contribution is -2.48. The molecule has 0 spiro atoms. The molecule has 0 amide bonds. The predicted octanol–water partition coefficient (Wildman–Crippen LogP) is 3.13. The summed E-state index contributed by atoms with van der Waals surface area (Å²) in [6.07, 6.45) is 4.34. The highest BCUT2D eigenvalue weighted by atomic mass is 35.5. The summed E-state index contributed by atoms with van der Waals surface area (Å²) in [6.45, 7) is 3.06. The molecular formula is C14H18ClN3. The first-order valence-corrected chi connectivity index (χ1v) is 6.93. The van der Waals surface area contributed by atoms with Gasteiger partial charge < -0.3 is 10.3 Å². The van der Waals surface area contributed by atoms with Crippen LogP contribution in [0.15, 0.2) is 18.2 Å². The molecule has 1 saturated carbocycles. The van der Waals surface area contributed by atoms with Gasteiger partial charge in [0.05, 0.1) is 11.0 Å². The van der Waals surface area contributed by atoms with Crippen LogP contribution >= 0.6 is 11.6 Å². The highest BCUT2D eigenvalue weighted by molar-refractivity contribution is 6.31. The van der Waals surface area contributed by atoms with Crippen molar-refractivity contribution in [1.29, 1.82) is 0 Å². The van der Waals surface area contributed by atoms with Gasteiger partial charge in [-0.05, 0) is 44.4 Å². The molecule has 96 valence electrons. The fourth-order valence-corrected chi connectivity index (χ4v) is 2.93. The number of halogens is 1. The van der Waals surface area contributed by atoms with Crippen molar-refractivity contribution in [2.45, 2.75) is 44.7 Å². The topological polar surface area (TPSA) is 43.8 Å². The number of imidazole rings is 1. The van der Waals surface area contributed by atoms with Crippen LogP contribution < -0.4 is 5.73 Å². The highest BCUT2D eigenvalue weighted by Gasteiger charge is 2.34. The van der Waals surface area contributed by atoms with Crippen molar-refractivity contribution >= 4 is 22.6 Å². The van der Waals surface area contributed by atoms with E-state index >= 15 is 0 Å². The molecule has 1 aliphatic carbocycles. The van der Waals surface area contributed by atoms with Gasteiger partial charge in [-0.25, -0.2) is 4.98 Å². The van der Waals surface area contributed by atoms with Gasteiger partial charge in [0.1, 0.15) is 5.82 Å². The smallest absolute Gasteiger partial charge is 0.111 e. The average molecular weight is 264 g/mol. The average Bonchev–Trinajstić information content (AvgIpc) is 2.63. The second kappa shape index (κ2) is 4.25. The number of fused-ring (bicyclic) bond motifs is 1. The number of benzene rings is 1. The molecule has 0 saturated heterocycles. The van der Waals surface area contributed by atoms with Crippen molar-refractivity contribution in [1.82, 2.24) is 9.55 Å². The largest absolute Gasteiger partial charge is 0.328 e. The Hall–Kier alpha value is -1.06. The summed E-state index contributed by atoms with van der Waals surface area (Å²) in [5.41, 5.74) is 8.43. The zero-order valence-electron chi connectivity index (χ0n) is 10.6. The summed E-state index contributed by atoms with van der Waals surface area (Å²) in [5, 5.41) is 0.737. The zero-order chi connectivity index (χ0) is 12.8. The van der Waals surface area contributed by atoms with Crippen LogP contribution in [0, 0.1) is 0 Å². The van der Waals surface area contributed by atoms with Gasteiger partial charge in [0.25, 0.3) is 0 Å². The molecule has 0 atom stereocenters. The van der Waals surface area contributed by atoms with Crippen LogP contribution in [-0.4, -0.2) is 15.1 Å². The standard InChI is InChI=1S/C14H18ClN3/c1-2-18-12-5-4-10(15)8-11(12)17-13(18)9-14(16)6-3-7-14/h4-5,8H,2-3,6-7,9,16H2,1H3. The maximum atomic E-state index is 6.33. The van der Waals surface area contributed by atoms with Crippen molar-refractivity contribution in [3.63, 3.8) is 0 Å². The molecule has 3 rings (SSSR count). The molecular weight excluding hydrogens is 246 g/mol. The van der Waals surface area contributed by atoms with Crippen molar-refractivity contribution in [3.05, 3.63) is 29.0 Å². The van der Waals surface area contributed by atoms with E-state index in [2.05, 4.69) is 11.5 Å². The van der Waals surface area contributed by atoms with Crippen LogP contribution in [0.4, 0.5) is 0 Å². The van der Waals surface area contributed by atoms with Crippen LogP contribution in [0.2, 0.25) is 5.02 Å². The predicted molar refractivity (Wildman–Crippen MR) is 74.9 cm³/mol. The van der Waals surface area contributed by atoms with Gasteiger partial charge in [-0.1, -0.05) is 11.6 Å². The molecule has 1 aliphatic rings. The van der Waals surface area contributed by atoms with Crippen LogP contribution in [0.3, 0.4) is 0 Å². The maximum Gasteiger partial charge on any atom is 0.111 e. The Morgan fingerprint density at radius 3 is 2.83 bits per heavy atom. The first kappa shape index (κ1) is 12.0. The van der Waals surface area contributed by atoms with E-state index in [0.29, 0.717) is 0 Å². The molecule has 0 aliphatic heterocycles. The van der Waals surface area contributed by atoms with Crippen molar-refractivity contribution in [2.75, 3.05) is 0 Å². The van der Waals surface area contributed by atoms with Crippen molar-refractivity contribution in [3.8, 4) is 0 Å². The third-order valence-electron chi connectivity index (χ3n) is 3.97. The van der Waals surface area contributed by atoms with Gasteiger partial charge in [0, 0.05) is 23.5 Å². The van der Waals surface area contributed by atoms with E-state index in [9.17, 15) is 0 Å². The Morgan fingerprint density at radius 2 is 2.22 bits per heavy atom. The normalized spacial score (nSPS) is 17.9. The SMILES string of the molecule is CCn1c(CC2(N)CCC2)nc2cc(Cl)ccc21. The fourth-order valence-electron chi connectivity index (χ4n) is 2.76. The summed E-state index contributed by atoms with van der Waals surface area (Å²) in [7, 11) is 0. The summed E-state index contributed by atoms with van der Waals surface area (Å²) in [6, 6.07) is 5.89. The molecule has 0 bridgehead atoms. The number of hydrogen-bond acceptors (Lipinski definition) is 2. The van der Waals surface area contributed by atoms with Crippen molar-refractivity contribution in [2.24, 2.45) is 5.73 Å². The van der Waals surface area contributed by atoms with Crippen LogP contribution in [0.25, 0.3) is 11.0 Å². The molecule has 4 heteroatoms. The minimum absolute atomic E-state index is 0.0297. The lowest BCUT2D eigenvalue weighted by atomic mass is 9.75. The minimum atomic E-state index is -0.0297. The lowest BCUT2D eigenvalue weighted by Gasteiger charge is -2.37. The van der Waals surface area contributed by atoms with Crippen LogP contribution in [0.1, 0.15) is 32.0 Å². The second-order valence-corrected chi connectivity index (χ2v) is 5.73. The van der Waals surface area contributed by atoms with E-state index in [-0.39, 0.29) is 5.54 Å². The van der Waals surface area contributed by atoms with E-state index in [1.165, 1.54) is 6.42 Å². The van der Waals surface area contributed by atoms with Gasteiger partial charge in [-0.15, -0.1) is 0 Å². The fraction of sp³-hybridized carbons (Fsp3) is 0.500. The van der Waals surface area contributed by atoms with E-state index < -0.39 is 0 Å². The number of aryl methyl sites for hydroxylation is 1. The molecule has 0 unspecified atom stereocenters. The number of hydrogen-bond donors (Lipinski definition) is 1. The number of nitrogens with two attached hydrogens (primary N) is 1. The molecule has 2 N–H and O–H groups in total. The molecule has 2 aromatic rings. The first-order valence-electron chi connectivity index (χ1n) is 6.55. The van der Waals surface area contributed by atoms with Gasteiger partial charge >= 0.3 is 0 Å². The van der Waals surface area contributed by atoms with Gasteiger partial charge in [0.2, 0.25) is 0 Å². The zero-order valence-corrected chi connectivity index (χ0v) is 11.4.